The van der Waals surface area contributed by atoms with E-state index in [1.807, 2.05) is 35.0 Å². The van der Waals surface area contributed by atoms with Gasteiger partial charge in [-0.25, -0.2) is 0 Å². The highest BCUT2D eigenvalue weighted by atomic mass is 35.5. The zero-order valence-electron chi connectivity index (χ0n) is 10.5. The van der Waals surface area contributed by atoms with E-state index in [1.54, 1.807) is 18.2 Å². The van der Waals surface area contributed by atoms with Gasteiger partial charge in [-0.3, -0.25) is 4.79 Å². The molecular weight excluding hydrogens is 292 g/mol. The van der Waals surface area contributed by atoms with Crippen LogP contribution in [-0.4, -0.2) is 5.91 Å². The van der Waals surface area contributed by atoms with E-state index in [4.69, 9.17) is 16.9 Å². The van der Waals surface area contributed by atoms with Crippen LogP contribution < -0.4 is 5.32 Å². The summed E-state index contributed by atoms with van der Waals surface area (Å²) in [7, 11) is 0. The molecule has 0 bridgehead atoms. The van der Waals surface area contributed by atoms with Gasteiger partial charge in [-0.15, -0.1) is 0 Å². The first kappa shape index (κ1) is 14.3. The highest BCUT2D eigenvalue weighted by Gasteiger charge is 2.08. The number of hydrogen-bond acceptors (Lipinski definition) is 3. The number of carbonyl (C=O) groups is 1. The molecule has 1 aromatic heterocycles. The summed E-state index contributed by atoms with van der Waals surface area (Å²) < 4.78 is 0. The number of thiophene rings is 1. The molecule has 2 rings (SSSR count). The smallest absolute Gasteiger partial charge is 0.262 e. The molecule has 1 aromatic carbocycles. The highest BCUT2D eigenvalue weighted by Crippen LogP contribution is 2.12. The number of benzene rings is 1. The number of nitrogens with one attached hydrogen (secondary N) is 1. The maximum absolute atomic E-state index is 11.9. The highest BCUT2D eigenvalue weighted by molar-refractivity contribution is 7.08. The summed E-state index contributed by atoms with van der Waals surface area (Å²) in [5.41, 5.74) is 1.88. The standard InChI is InChI=1S/C15H11ClN2OS/c16-14-3-1-11(2-4-14)9-18-15(19)13(8-17)7-12-5-6-20-10-12/h1-7,10H,9H2,(H,18,19)/b13-7+. The summed E-state index contributed by atoms with van der Waals surface area (Å²) in [5, 5.41) is 16.2. The van der Waals surface area contributed by atoms with Crippen molar-refractivity contribution in [1.29, 1.82) is 5.26 Å². The predicted octanol–water partition coefficient (Wildman–Crippen LogP) is 3.62. The Morgan fingerprint density at radius 1 is 1.35 bits per heavy atom. The van der Waals surface area contributed by atoms with Gasteiger partial charge in [0.15, 0.2) is 0 Å². The van der Waals surface area contributed by atoms with Gasteiger partial charge in [-0.1, -0.05) is 23.7 Å². The first-order valence-corrected chi connectivity index (χ1v) is 7.18. The number of hydrogen-bond donors (Lipinski definition) is 1. The topological polar surface area (TPSA) is 52.9 Å². The fourth-order valence-electron chi connectivity index (χ4n) is 1.55. The molecule has 0 aliphatic rings. The van der Waals surface area contributed by atoms with Crippen molar-refractivity contribution in [1.82, 2.24) is 5.32 Å². The first-order chi connectivity index (χ1) is 9.69. The Kier molecular flexibility index (Phi) is 4.94. The number of carbonyl (C=O) groups excluding carboxylic acids is 1. The van der Waals surface area contributed by atoms with Gasteiger partial charge < -0.3 is 5.32 Å². The molecule has 5 heteroatoms. The van der Waals surface area contributed by atoms with Crippen molar-refractivity contribution >= 4 is 34.9 Å². The Bertz CT molecular complexity index is 654. The van der Waals surface area contributed by atoms with Crippen molar-refractivity contribution < 1.29 is 4.79 Å². The molecule has 0 unspecified atom stereocenters. The lowest BCUT2D eigenvalue weighted by Crippen LogP contribution is -2.23. The molecule has 0 atom stereocenters. The summed E-state index contributed by atoms with van der Waals surface area (Å²) in [5.74, 6) is -0.381. The lowest BCUT2D eigenvalue weighted by molar-refractivity contribution is -0.117. The summed E-state index contributed by atoms with van der Waals surface area (Å²) in [4.78, 5) is 11.9. The normalized spacial score (nSPS) is 10.9. The second kappa shape index (κ2) is 6.90. The number of amides is 1. The third-order valence-electron chi connectivity index (χ3n) is 2.59. The molecule has 0 aliphatic carbocycles. The van der Waals surface area contributed by atoms with Gasteiger partial charge >= 0.3 is 0 Å². The predicted molar refractivity (Wildman–Crippen MR) is 81.2 cm³/mol. The van der Waals surface area contributed by atoms with E-state index in [-0.39, 0.29) is 11.5 Å². The van der Waals surface area contributed by atoms with Gasteiger partial charge in [0.05, 0.1) is 0 Å². The monoisotopic (exact) mass is 302 g/mol. The number of rotatable bonds is 4. The van der Waals surface area contributed by atoms with Crippen LogP contribution in [0.4, 0.5) is 0 Å². The molecule has 1 amide bonds. The van der Waals surface area contributed by atoms with Crippen LogP contribution in [0.5, 0.6) is 0 Å². The van der Waals surface area contributed by atoms with Gasteiger partial charge in [-0.05, 0) is 46.2 Å². The van der Waals surface area contributed by atoms with E-state index in [0.717, 1.165) is 11.1 Å². The van der Waals surface area contributed by atoms with Crippen molar-refractivity contribution in [3.05, 3.63) is 62.8 Å². The molecule has 0 aliphatic heterocycles. The van der Waals surface area contributed by atoms with Crippen LogP contribution in [0.15, 0.2) is 46.7 Å². The average Bonchev–Trinajstić information content (AvgIpc) is 2.97. The van der Waals surface area contributed by atoms with Crippen LogP contribution in [0.2, 0.25) is 5.02 Å². The minimum atomic E-state index is -0.381. The fraction of sp³-hybridized carbons (Fsp3) is 0.0667. The Labute approximate surface area is 126 Å². The summed E-state index contributed by atoms with van der Waals surface area (Å²) in [6, 6.07) is 11.0. The number of nitriles is 1. The van der Waals surface area contributed by atoms with Crippen LogP contribution in [0.3, 0.4) is 0 Å². The molecule has 0 fully saturated rings. The lowest BCUT2D eigenvalue weighted by Gasteiger charge is -2.04. The Balaban J connectivity index is 2.00. The SMILES string of the molecule is N#C/C(=C\c1ccsc1)C(=O)NCc1ccc(Cl)cc1. The second-order valence-corrected chi connectivity index (χ2v) is 5.25. The zero-order valence-corrected chi connectivity index (χ0v) is 12.0. The van der Waals surface area contributed by atoms with Gasteiger partial charge in [0.1, 0.15) is 11.6 Å². The molecule has 1 heterocycles. The molecule has 1 N–H and O–H groups in total. The molecular formula is C15H11ClN2OS. The van der Waals surface area contributed by atoms with Gasteiger partial charge in [0.2, 0.25) is 0 Å². The molecule has 0 spiro atoms. The molecule has 100 valence electrons. The Hall–Kier alpha value is -2.09. The van der Waals surface area contributed by atoms with Gasteiger partial charge in [0, 0.05) is 11.6 Å². The summed E-state index contributed by atoms with van der Waals surface area (Å²) in [6.07, 6.45) is 1.58. The average molecular weight is 303 g/mol. The Morgan fingerprint density at radius 3 is 2.70 bits per heavy atom. The molecule has 20 heavy (non-hydrogen) atoms. The lowest BCUT2D eigenvalue weighted by atomic mass is 10.2. The van der Waals surface area contributed by atoms with Gasteiger partial charge in [0.25, 0.3) is 5.91 Å². The summed E-state index contributed by atoms with van der Waals surface area (Å²) in [6.45, 7) is 0.360. The van der Waals surface area contributed by atoms with Crippen LogP contribution in [0.25, 0.3) is 6.08 Å². The quantitative estimate of drug-likeness (QED) is 0.692. The minimum absolute atomic E-state index is 0.0948. The van der Waals surface area contributed by atoms with Crippen LogP contribution in [0, 0.1) is 11.3 Å². The fourth-order valence-corrected chi connectivity index (χ4v) is 2.30. The first-order valence-electron chi connectivity index (χ1n) is 5.85. The minimum Gasteiger partial charge on any atom is -0.347 e. The van der Waals surface area contributed by atoms with E-state index in [0.29, 0.717) is 11.6 Å². The molecule has 2 aromatic rings. The van der Waals surface area contributed by atoms with Crippen molar-refractivity contribution in [2.75, 3.05) is 0 Å². The van der Waals surface area contributed by atoms with Gasteiger partial charge in [-0.2, -0.15) is 16.6 Å². The molecule has 0 saturated carbocycles. The summed E-state index contributed by atoms with van der Waals surface area (Å²) >= 11 is 7.31. The van der Waals surface area contributed by atoms with E-state index in [1.165, 1.54) is 11.3 Å². The zero-order chi connectivity index (χ0) is 14.4. The van der Waals surface area contributed by atoms with E-state index < -0.39 is 0 Å². The van der Waals surface area contributed by atoms with Crippen LogP contribution in [0.1, 0.15) is 11.1 Å². The third-order valence-corrected chi connectivity index (χ3v) is 3.54. The number of halogens is 1. The van der Waals surface area contributed by atoms with Crippen molar-refractivity contribution in [3.63, 3.8) is 0 Å². The molecule has 0 radical (unpaired) electrons. The Morgan fingerprint density at radius 2 is 2.10 bits per heavy atom. The van der Waals surface area contributed by atoms with E-state index in [9.17, 15) is 4.79 Å². The number of nitrogens with zero attached hydrogens (tertiary/aromatic N) is 1. The van der Waals surface area contributed by atoms with Crippen LogP contribution in [-0.2, 0) is 11.3 Å². The van der Waals surface area contributed by atoms with Crippen molar-refractivity contribution in [2.45, 2.75) is 6.54 Å². The van der Waals surface area contributed by atoms with Crippen molar-refractivity contribution in [2.24, 2.45) is 0 Å². The van der Waals surface area contributed by atoms with Crippen molar-refractivity contribution in [3.8, 4) is 6.07 Å². The maximum atomic E-state index is 11.9. The maximum Gasteiger partial charge on any atom is 0.262 e. The second-order valence-electron chi connectivity index (χ2n) is 4.04. The van der Waals surface area contributed by atoms with E-state index in [2.05, 4.69) is 5.32 Å². The molecule has 3 nitrogen and oxygen atoms in total. The molecule has 0 saturated heterocycles. The third kappa shape index (κ3) is 3.95. The van der Waals surface area contributed by atoms with Crippen LogP contribution >= 0.6 is 22.9 Å². The van der Waals surface area contributed by atoms with E-state index >= 15 is 0 Å². The largest absolute Gasteiger partial charge is 0.347 e.